The molecule has 14 heteroatoms. The maximum absolute atomic E-state index is 13.2. The largest absolute Gasteiger partial charge is 0.495 e. The van der Waals surface area contributed by atoms with Gasteiger partial charge in [0.2, 0.25) is 5.95 Å². The standard InChI is InChI=1S/C25H29N9O4S/c1-4-10-33-24(35)18-16-27-25(30-23(18)34(33)21-6-5-7-22(29-21)39(26,36)37)28-17-8-9-19(20(15-17)38-3)32-13-11-31(2)12-14-32/h4-9,15-16H,1,10-14H2,2-3H3,(H2,26,36,37)(H,27,28,30). The molecule has 1 aliphatic heterocycles. The van der Waals surface area contributed by atoms with Crippen molar-refractivity contribution in [2.45, 2.75) is 11.6 Å². The highest BCUT2D eigenvalue weighted by Gasteiger charge is 2.21. The number of ether oxygens (including phenoxy) is 1. The van der Waals surface area contributed by atoms with Gasteiger partial charge in [-0.25, -0.2) is 32.9 Å². The minimum Gasteiger partial charge on any atom is -0.495 e. The molecule has 3 aromatic heterocycles. The Labute approximate surface area is 225 Å². The summed E-state index contributed by atoms with van der Waals surface area (Å²) in [5, 5.41) is 8.35. The van der Waals surface area contributed by atoms with Gasteiger partial charge in [0, 0.05) is 44.1 Å². The van der Waals surface area contributed by atoms with Crippen molar-refractivity contribution in [1.29, 1.82) is 0 Å². The molecule has 204 valence electrons. The van der Waals surface area contributed by atoms with Gasteiger partial charge < -0.3 is 19.9 Å². The van der Waals surface area contributed by atoms with Crippen LogP contribution in [0, 0.1) is 0 Å². The molecule has 0 spiro atoms. The number of primary sulfonamides is 1. The number of anilines is 3. The molecule has 0 unspecified atom stereocenters. The number of aromatic nitrogens is 5. The molecular weight excluding hydrogens is 522 g/mol. The molecule has 0 saturated carbocycles. The van der Waals surface area contributed by atoms with E-state index in [1.807, 2.05) is 18.2 Å². The highest BCUT2D eigenvalue weighted by atomic mass is 32.2. The first-order valence-electron chi connectivity index (χ1n) is 12.2. The lowest BCUT2D eigenvalue weighted by atomic mass is 10.2. The number of pyridine rings is 1. The van der Waals surface area contributed by atoms with E-state index >= 15 is 0 Å². The number of hydrogen-bond acceptors (Lipinski definition) is 10. The Balaban J connectivity index is 1.54. The number of fused-ring (bicyclic) bond motifs is 1. The number of hydrogen-bond donors (Lipinski definition) is 2. The molecule has 4 aromatic rings. The van der Waals surface area contributed by atoms with Gasteiger partial charge in [-0.2, -0.15) is 4.98 Å². The Morgan fingerprint density at radius 3 is 2.62 bits per heavy atom. The van der Waals surface area contributed by atoms with Gasteiger partial charge >= 0.3 is 0 Å². The van der Waals surface area contributed by atoms with Gasteiger partial charge in [-0.15, -0.1) is 6.58 Å². The molecule has 0 radical (unpaired) electrons. The third-order valence-corrected chi connectivity index (χ3v) is 7.29. The number of piperazine rings is 1. The molecule has 0 atom stereocenters. The molecule has 0 amide bonds. The van der Waals surface area contributed by atoms with Crippen LogP contribution in [0.1, 0.15) is 0 Å². The van der Waals surface area contributed by atoms with E-state index in [1.165, 1.54) is 27.7 Å². The van der Waals surface area contributed by atoms with Crippen LogP contribution in [0.3, 0.4) is 0 Å². The molecule has 0 aliphatic carbocycles. The second-order valence-electron chi connectivity index (χ2n) is 9.10. The van der Waals surface area contributed by atoms with Crippen molar-refractivity contribution < 1.29 is 13.2 Å². The molecule has 1 aliphatic rings. The normalized spacial score (nSPS) is 14.5. The predicted molar refractivity (Wildman–Crippen MR) is 148 cm³/mol. The first-order chi connectivity index (χ1) is 18.7. The average Bonchev–Trinajstić information content (AvgIpc) is 3.19. The van der Waals surface area contributed by atoms with Crippen LogP contribution in [0.5, 0.6) is 5.75 Å². The fourth-order valence-electron chi connectivity index (χ4n) is 4.48. The Bertz CT molecular complexity index is 1710. The van der Waals surface area contributed by atoms with Gasteiger partial charge in [-0.1, -0.05) is 12.1 Å². The van der Waals surface area contributed by atoms with Crippen LogP contribution in [0.25, 0.3) is 16.9 Å². The topological polar surface area (TPSA) is 154 Å². The fourth-order valence-corrected chi connectivity index (χ4v) is 4.97. The molecule has 39 heavy (non-hydrogen) atoms. The summed E-state index contributed by atoms with van der Waals surface area (Å²) in [5.74, 6) is 1.09. The Hall–Kier alpha value is -4.27. The summed E-state index contributed by atoms with van der Waals surface area (Å²) in [6, 6.07) is 10.1. The van der Waals surface area contributed by atoms with Gasteiger partial charge in [-0.3, -0.25) is 4.79 Å². The van der Waals surface area contributed by atoms with Gasteiger partial charge in [0.1, 0.15) is 11.1 Å². The number of nitrogens with one attached hydrogen (secondary N) is 1. The third-order valence-electron chi connectivity index (χ3n) is 6.47. The Morgan fingerprint density at radius 2 is 1.92 bits per heavy atom. The van der Waals surface area contributed by atoms with E-state index < -0.39 is 10.0 Å². The van der Waals surface area contributed by atoms with Gasteiger partial charge in [0.15, 0.2) is 16.5 Å². The highest BCUT2D eigenvalue weighted by molar-refractivity contribution is 7.89. The number of nitrogens with two attached hydrogens (primary N) is 1. The minimum atomic E-state index is -4.07. The fraction of sp³-hybridized carbons (Fsp3) is 0.280. The van der Waals surface area contributed by atoms with Gasteiger partial charge in [-0.05, 0) is 31.3 Å². The van der Waals surface area contributed by atoms with E-state index in [9.17, 15) is 13.2 Å². The molecule has 0 bridgehead atoms. The number of rotatable bonds is 8. The van der Waals surface area contributed by atoms with Gasteiger partial charge in [0.05, 0.1) is 19.3 Å². The van der Waals surface area contributed by atoms with E-state index in [1.54, 1.807) is 19.3 Å². The Morgan fingerprint density at radius 1 is 1.15 bits per heavy atom. The number of allylic oxidation sites excluding steroid dienone is 1. The van der Waals surface area contributed by atoms with Crippen molar-refractivity contribution in [3.05, 3.63) is 65.6 Å². The van der Waals surface area contributed by atoms with Crippen LogP contribution in [0.2, 0.25) is 0 Å². The van der Waals surface area contributed by atoms with Crippen LogP contribution in [-0.4, -0.2) is 78.0 Å². The quantitative estimate of drug-likeness (QED) is 0.307. The number of nitrogens with zero attached hydrogens (tertiary/aromatic N) is 7. The Kier molecular flexibility index (Phi) is 7.08. The SMILES string of the molecule is C=CCn1c(=O)c2cnc(Nc3ccc(N4CCN(C)CC4)c(OC)c3)nc2n1-c1cccc(S(N)(=O)=O)n1. The molecule has 1 fully saturated rings. The van der Waals surface area contributed by atoms with E-state index in [4.69, 9.17) is 9.88 Å². The molecule has 3 N–H and O–H groups in total. The summed E-state index contributed by atoms with van der Waals surface area (Å²) in [5.41, 5.74) is 1.55. The average molecular weight is 552 g/mol. The lowest BCUT2D eigenvalue weighted by Gasteiger charge is -2.34. The molecule has 1 aromatic carbocycles. The van der Waals surface area contributed by atoms with Crippen LogP contribution in [0.4, 0.5) is 17.3 Å². The zero-order chi connectivity index (χ0) is 27.7. The zero-order valence-corrected chi connectivity index (χ0v) is 22.4. The van der Waals surface area contributed by atoms with Gasteiger partial charge in [0.25, 0.3) is 15.6 Å². The van der Waals surface area contributed by atoms with Crippen molar-refractivity contribution in [3.63, 3.8) is 0 Å². The summed E-state index contributed by atoms with van der Waals surface area (Å²) in [6.45, 7) is 7.59. The van der Waals surface area contributed by atoms with Crippen molar-refractivity contribution in [2.75, 3.05) is 50.6 Å². The maximum atomic E-state index is 13.2. The first kappa shape index (κ1) is 26.3. The molecule has 13 nitrogen and oxygen atoms in total. The lowest BCUT2D eigenvalue weighted by Crippen LogP contribution is -2.44. The first-order valence-corrected chi connectivity index (χ1v) is 13.7. The van der Waals surface area contributed by atoms with Crippen LogP contribution in [-0.2, 0) is 16.6 Å². The third kappa shape index (κ3) is 5.21. The molecule has 4 heterocycles. The zero-order valence-electron chi connectivity index (χ0n) is 21.6. The number of benzene rings is 1. The summed E-state index contributed by atoms with van der Waals surface area (Å²) in [4.78, 5) is 30.8. The van der Waals surface area contributed by atoms with E-state index in [2.05, 4.69) is 43.7 Å². The smallest absolute Gasteiger partial charge is 0.278 e. The van der Waals surface area contributed by atoms with Crippen molar-refractivity contribution >= 4 is 38.4 Å². The highest BCUT2D eigenvalue weighted by Crippen LogP contribution is 2.32. The minimum absolute atomic E-state index is 0.129. The summed E-state index contributed by atoms with van der Waals surface area (Å²) < 4.78 is 32.3. The molecule has 5 rings (SSSR count). The molecular formula is C25H29N9O4S. The van der Waals surface area contributed by atoms with E-state index in [0.717, 1.165) is 31.9 Å². The van der Waals surface area contributed by atoms with Crippen molar-refractivity contribution in [3.8, 4) is 11.6 Å². The second kappa shape index (κ2) is 10.5. The summed E-state index contributed by atoms with van der Waals surface area (Å²) in [7, 11) is -0.332. The van der Waals surface area contributed by atoms with Crippen LogP contribution >= 0.6 is 0 Å². The van der Waals surface area contributed by atoms with Crippen LogP contribution < -0.4 is 25.7 Å². The summed E-state index contributed by atoms with van der Waals surface area (Å²) in [6.07, 6.45) is 2.96. The lowest BCUT2D eigenvalue weighted by molar-refractivity contribution is 0.311. The number of likely N-dealkylation sites (N-methyl/N-ethyl adjacent to an activating group) is 1. The molecule has 1 saturated heterocycles. The summed E-state index contributed by atoms with van der Waals surface area (Å²) >= 11 is 0. The van der Waals surface area contributed by atoms with Crippen LogP contribution in [0.15, 0.2) is 65.1 Å². The van der Waals surface area contributed by atoms with E-state index in [0.29, 0.717) is 11.4 Å². The van der Waals surface area contributed by atoms with E-state index in [-0.39, 0.29) is 39.9 Å². The second-order valence-corrected chi connectivity index (χ2v) is 10.6. The number of methoxy groups -OCH3 is 1. The van der Waals surface area contributed by atoms with Crippen molar-refractivity contribution in [2.24, 2.45) is 5.14 Å². The predicted octanol–water partition coefficient (Wildman–Crippen LogP) is 1.31. The number of sulfonamides is 1. The monoisotopic (exact) mass is 551 g/mol. The maximum Gasteiger partial charge on any atom is 0.278 e. The van der Waals surface area contributed by atoms with Crippen molar-refractivity contribution in [1.82, 2.24) is 29.2 Å².